The molecule has 1 atom stereocenters. The number of benzene rings is 1. The molecule has 1 aromatic carbocycles. The molecule has 0 aliphatic carbocycles. The van der Waals surface area contributed by atoms with Gasteiger partial charge in [0.05, 0.1) is 12.0 Å². The van der Waals surface area contributed by atoms with Gasteiger partial charge in [-0.25, -0.2) is 4.98 Å². The fraction of sp³-hybridized carbons (Fsp3) is 0.400. The Hall–Kier alpha value is -1.77. The standard InChI is InChI=1S/C15H19N3/c1-10-4-5-13-8-14(6-7-15(13)17-10)18-9-16-11(2)12(18)3/h6-10,17H,4-5H2,1-3H3. The van der Waals surface area contributed by atoms with Crippen LogP contribution in [0.15, 0.2) is 24.5 Å². The molecule has 18 heavy (non-hydrogen) atoms. The topological polar surface area (TPSA) is 29.9 Å². The highest BCUT2D eigenvalue weighted by Gasteiger charge is 2.15. The first-order valence-electron chi connectivity index (χ1n) is 6.55. The van der Waals surface area contributed by atoms with E-state index in [2.05, 4.69) is 46.9 Å². The normalized spacial score (nSPS) is 18.3. The van der Waals surface area contributed by atoms with Crippen molar-refractivity contribution in [2.45, 2.75) is 39.7 Å². The number of hydrogen-bond donors (Lipinski definition) is 1. The van der Waals surface area contributed by atoms with Crippen LogP contribution in [0.25, 0.3) is 5.69 Å². The monoisotopic (exact) mass is 241 g/mol. The van der Waals surface area contributed by atoms with Crippen LogP contribution in [0.4, 0.5) is 5.69 Å². The van der Waals surface area contributed by atoms with Crippen molar-refractivity contribution in [3.05, 3.63) is 41.5 Å². The number of nitrogens with one attached hydrogen (secondary N) is 1. The summed E-state index contributed by atoms with van der Waals surface area (Å²) in [6, 6.07) is 7.22. The quantitative estimate of drug-likeness (QED) is 0.830. The Balaban J connectivity index is 2.02. The molecule has 2 heterocycles. The molecule has 0 fully saturated rings. The van der Waals surface area contributed by atoms with E-state index in [1.807, 2.05) is 13.3 Å². The molecule has 0 saturated heterocycles. The van der Waals surface area contributed by atoms with Crippen LogP contribution in [0.1, 0.15) is 30.3 Å². The van der Waals surface area contributed by atoms with Gasteiger partial charge in [0.1, 0.15) is 0 Å². The minimum atomic E-state index is 0.584. The minimum Gasteiger partial charge on any atom is -0.382 e. The summed E-state index contributed by atoms with van der Waals surface area (Å²) in [4.78, 5) is 4.36. The molecule has 1 unspecified atom stereocenters. The molecule has 3 heteroatoms. The third-order valence-corrected chi connectivity index (χ3v) is 3.87. The second kappa shape index (κ2) is 4.16. The van der Waals surface area contributed by atoms with Crippen molar-refractivity contribution in [1.82, 2.24) is 9.55 Å². The number of aryl methyl sites for hydroxylation is 2. The SMILES string of the molecule is Cc1ncn(-c2ccc3c(c2)CCC(C)N3)c1C. The maximum Gasteiger partial charge on any atom is 0.0997 e. The number of aromatic nitrogens is 2. The molecule has 0 spiro atoms. The lowest BCUT2D eigenvalue weighted by molar-refractivity contribution is 0.680. The van der Waals surface area contributed by atoms with Crippen molar-refractivity contribution in [2.75, 3.05) is 5.32 Å². The van der Waals surface area contributed by atoms with Crippen molar-refractivity contribution >= 4 is 5.69 Å². The Bertz CT molecular complexity index is 583. The van der Waals surface area contributed by atoms with Crippen LogP contribution < -0.4 is 5.32 Å². The lowest BCUT2D eigenvalue weighted by Gasteiger charge is -2.24. The van der Waals surface area contributed by atoms with Gasteiger partial charge >= 0.3 is 0 Å². The number of imidazole rings is 1. The summed E-state index contributed by atoms with van der Waals surface area (Å²) in [5.41, 5.74) is 6.22. The van der Waals surface area contributed by atoms with Gasteiger partial charge in [-0.05, 0) is 57.4 Å². The van der Waals surface area contributed by atoms with Gasteiger partial charge in [-0.15, -0.1) is 0 Å². The van der Waals surface area contributed by atoms with Crippen LogP contribution >= 0.6 is 0 Å². The third kappa shape index (κ3) is 1.80. The summed E-state index contributed by atoms with van der Waals surface area (Å²) >= 11 is 0. The molecule has 1 aliphatic heterocycles. The highest BCUT2D eigenvalue weighted by Crippen LogP contribution is 2.27. The summed E-state index contributed by atoms with van der Waals surface area (Å²) in [5, 5.41) is 3.53. The van der Waals surface area contributed by atoms with Crippen molar-refractivity contribution < 1.29 is 0 Å². The van der Waals surface area contributed by atoms with Gasteiger partial charge in [-0.3, -0.25) is 0 Å². The fourth-order valence-electron chi connectivity index (χ4n) is 2.55. The van der Waals surface area contributed by atoms with E-state index < -0.39 is 0 Å². The maximum atomic E-state index is 4.36. The molecule has 0 bridgehead atoms. The van der Waals surface area contributed by atoms with E-state index in [0.717, 1.165) is 12.1 Å². The molecule has 0 amide bonds. The van der Waals surface area contributed by atoms with Gasteiger partial charge in [0.2, 0.25) is 0 Å². The fourth-order valence-corrected chi connectivity index (χ4v) is 2.55. The summed E-state index contributed by atoms with van der Waals surface area (Å²) in [7, 11) is 0. The second-order valence-corrected chi connectivity index (χ2v) is 5.21. The van der Waals surface area contributed by atoms with Gasteiger partial charge < -0.3 is 9.88 Å². The van der Waals surface area contributed by atoms with E-state index in [1.165, 1.54) is 29.1 Å². The summed E-state index contributed by atoms with van der Waals surface area (Å²) in [5.74, 6) is 0. The van der Waals surface area contributed by atoms with Crippen LogP contribution in [0.2, 0.25) is 0 Å². The largest absolute Gasteiger partial charge is 0.382 e. The van der Waals surface area contributed by atoms with Crippen molar-refractivity contribution in [3.8, 4) is 5.69 Å². The number of hydrogen-bond acceptors (Lipinski definition) is 2. The molecular weight excluding hydrogens is 222 g/mol. The van der Waals surface area contributed by atoms with E-state index >= 15 is 0 Å². The van der Waals surface area contributed by atoms with E-state index in [0.29, 0.717) is 6.04 Å². The van der Waals surface area contributed by atoms with Crippen LogP contribution in [0, 0.1) is 13.8 Å². The molecule has 3 nitrogen and oxygen atoms in total. The first kappa shape index (κ1) is 11.3. The number of fused-ring (bicyclic) bond motifs is 1. The van der Waals surface area contributed by atoms with E-state index in [1.54, 1.807) is 0 Å². The molecule has 1 aromatic heterocycles. The zero-order valence-corrected chi connectivity index (χ0v) is 11.2. The van der Waals surface area contributed by atoms with Gasteiger partial charge in [0.25, 0.3) is 0 Å². The predicted octanol–water partition coefficient (Wildman–Crippen LogP) is 3.24. The lowest BCUT2D eigenvalue weighted by Crippen LogP contribution is -2.21. The highest BCUT2D eigenvalue weighted by molar-refractivity contribution is 5.58. The van der Waals surface area contributed by atoms with Crippen LogP contribution in [0.3, 0.4) is 0 Å². The zero-order valence-electron chi connectivity index (χ0n) is 11.2. The summed E-state index contributed by atoms with van der Waals surface area (Å²) < 4.78 is 2.16. The minimum absolute atomic E-state index is 0.584. The molecule has 0 saturated carbocycles. The Labute approximate surface area is 108 Å². The molecule has 1 N–H and O–H groups in total. The van der Waals surface area contributed by atoms with Crippen LogP contribution in [-0.2, 0) is 6.42 Å². The average molecular weight is 241 g/mol. The summed E-state index contributed by atoms with van der Waals surface area (Å²) in [6.45, 7) is 6.40. The van der Waals surface area contributed by atoms with E-state index in [-0.39, 0.29) is 0 Å². The van der Waals surface area contributed by atoms with Crippen molar-refractivity contribution in [2.24, 2.45) is 0 Å². The van der Waals surface area contributed by atoms with Gasteiger partial charge in [-0.2, -0.15) is 0 Å². The van der Waals surface area contributed by atoms with Gasteiger partial charge in [0.15, 0.2) is 0 Å². The lowest BCUT2D eigenvalue weighted by atomic mass is 9.98. The molecule has 1 aliphatic rings. The summed E-state index contributed by atoms with van der Waals surface area (Å²) in [6.07, 6.45) is 4.27. The van der Waals surface area contributed by atoms with Crippen LogP contribution in [0.5, 0.6) is 0 Å². The van der Waals surface area contributed by atoms with Crippen LogP contribution in [-0.4, -0.2) is 15.6 Å². The highest BCUT2D eigenvalue weighted by atomic mass is 15.1. The average Bonchev–Trinajstić information content (AvgIpc) is 2.69. The molecule has 94 valence electrons. The van der Waals surface area contributed by atoms with E-state index in [4.69, 9.17) is 0 Å². The Morgan fingerprint density at radius 1 is 1.33 bits per heavy atom. The Morgan fingerprint density at radius 2 is 2.17 bits per heavy atom. The first-order chi connectivity index (χ1) is 8.65. The molecule has 2 aromatic rings. The second-order valence-electron chi connectivity index (χ2n) is 5.21. The number of nitrogens with zero attached hydrogens (tertiary/aromatic N) is 2. The maximum absolute atomic E-state index is 4.36. The van der Waals surface area contributed by atoms with Crippen molar-refractivity contribution in [3.63, 3.8) is 0 Å². The smallest absolute Gasteiger partial charge is 0.0997 e. The van der Waals surface area contributed by atoms with Gasteiger partial charge in [0, 0.05) is 23.1 Å². The number of anilines is 1. The van der Waals surface area contributed by atoms with E-state index in [9.17, 15) is 0 Å². The predicted molar refractivity (Wildman–Crippen MR) is 74.4 cm³/mol. The third-order valence-electron chi connectivity index (χ3n) is 3.87. The molecule has 3 rings (SSSR count). The zero-order chi connectivity index (χ0) is 12.7. The van der Waals surface area contributed by atoms with Crippen molar-refractivity contribution in [1.29, 1.82) is 0 Å². The first-order valence-corrected chi connectivity index (χ1v) is 6.55. The molecule has 0 radical (unpaired) electrons. The van der Waals surface area contributed by atoms with Gasteiger partial charge in [-0.1, -0.05) is 0 Å². The Morgan fingerprint density at radius 3 is 2.89 bits per heavy atom. The molecular formula is C15H19N3. The number of rotatable bonds is 1. The Kier molecular flexibility index (Phi) is 2.62.